The van der Waals surface area contributed by atoms with Crippen molar-refractivity contribution in [3.05, 3.63) is 89.9 Å². The first-order valence-corrected chi connectivity index (χ1v) is 7.06. The van der Waals surface area contributed by atoms with Gasteiger partial charge in [-0.25, -0.2) is 4.98 Å². The number of hydrazone groups is 1. The topological polar surface area (TPSA) is 50.2 Å². The SMILES string of the molecule is Cc1ccc(NN=C(c2ccccc2)c2ccccn2)nc1. The van der Waals surface area contributed by atoms with Crippen LogP contribution < -0.4 is 5.43 Å². The normalized spacial score (nSPS) is 11.2. The van der Waals surface area contributed by atoms with E-state index in [1.54, 1.807) is 12.4 Å². The highest BCUT2D eigenvalue weighted by Gasteiger charge is 2.07. The van der Waals surface area contributed by atoms with Crippen LogP contribution >= 0.6 is 0 Å². The van der Waals surface area contributed by atoms with Crippen LogP contribution in [0.4, 0.5) is 5.82 Å². The zero-order chi connectivity index (χ0) is 15.2. The molecule has 0 spiro atoms. The molecule has 0 saturated heterocycles. The Morgan fingerprint density at radius 1 is 0.909 bits per heavy atom. The fourth-order valence-electron chi connectivity index (χ4n) is 2.02. The fraction of sp³-hybridized carbons (Fsp3) is 0.0556. The molecule has 1 N–H and O–H groups in total. The van der Waals surface area contributed by atoms with E-state index in [2.05, 4.69) is 20.5 Å². The third kappa shape index (κ3) is 3.35. The molecule has 0 aliphatic heterocycles. The summed E-state index contributed by atoms with van der Waals surface area (Å²) in [5.74, 6) is 0.704. The lowest BCUT2D eigenvalue weighted by atomic mass is 10.1. The maximum Gasteiger partial charge on any atom is 0.146 e. The Morgan fingerprint density at radius 3 is 2.41 bits per heavy atom. The molecule has 1 aromatic carbocycles. The minimum Gasteiger partial charge on any atom is -0.261 e. The average Bonchev–Trinajstić information content (AvgIpc) is 2.59. The first-order valence-electron chi connectivity index (χ1n) is 7.06. The third-order valence-electron chi connectivity index (χ3n) is 3.15. The zero-order valence-electron chi connectivity index (χ0n) is 12.3. The van der Waals surface area contributed by atoms with Gasteiger partial charge in [0.15, 0.2) is 0 Å². The molecular weight excluding hydrogens is 272 g/mol. The molecule has 0 aliphatic carbocycles. The van der Waals surface area contributed by atoms with Crippen LogP contribution in [0.5, 0.6) is 0 Å². The maximum atomic E-state index is 4.51. The van der Waals surface area contributed by atoms with Gasteiger partial charge in [-0.15, -0.1) is 0 Å². The molecule has 0 amide bonds. The first kappa shape index (κ1) is 13.9. The second-order valence-corrected chi connectivity index (χ2v) is 4.87. The number of hydrogen-bond acceptors (Lipinski definition) is 4. The molecule has 0 atom stereocenters. The maximum absolute atomic E-state index is 4.51. The van der Waals surface area contributed by atoms with Gasteiger partial charge in [-0.2, -0.15) is 5.10 Å². The zero-order valence-corrected chi connectivity index (χ0v) is 12.3. The Labute approximate surface area is 129 Å². The molecule has 4 heteroatoms. The largest absolute Gasteiger partial charge is 0.261 e. The van der Waals surface area contributed by atoms with E-state index in [9.17, 15) is 0 Å². The molecule has 2 aromatic heterocycles. The lowest BCUT2D eigenvalue weighted by Gasteiger charge is -2.07. The molecule has 0 radical (unpaired) electrons. The highest BCUT2D eigenvalue weighted by atomic mass is 15.3. The van der Waals surface area contributed by atoms with Crippen LogP contribution in [-0.4, -0.2) is 15.7 Å². The second-order valence-electron chi connectivity index (χ2n) is 4.87. The molecule has 2 heterocycles. The number of benzene rings is 1. The van der Waals surface area contributed by atoms with Gasteiger partial charge < -0.3 is 0 Å². The molecule has 0 unspecified atom stereocenters. The molecule has 4 nitrogen and oxygen atoms in total. The molecule has 0 fully saturated rings. The number of pyridine rings is 2. The highest BCUT2D eigenvalue weighted by molar-refractivity contribution is 6.11. The number of anilines is 1. The highest BCUT2D eigenvalue weighted by Crippen LogP contribution is 2.10. The van der Waals surface area contributed by atoms with E-state index in [1.165, 1.54) is 0 Å². The van der Waals surface area contributed by atoms with E-state index in [4.69, 9.17) is 0 Å². The van der Waals surface area contributed by atoms with Crippen LogP contribution in [0.25, 0.3) is 0 Å². The molecule has 3 aromatic rings. The third-order valence-corrected chi connectivity index (χ3v) is 3.15. The minimum absolute atomic E-state index is 0.704. The number of hydrogen-bond donors (Lipinski definition) is 1. The van der Waals surface area contributed by atoms with Crippen molar-refractivity contribution in [3.63, 3.8) is 0 Å². The van der Waals surface area contributed by atoms with Gasteiger partial charge >= 0.3 is 0 Å². The van der Waals surface area contributed by atoms with Crippen LogP contribution in [0.15, 0.2) is 78.2 Å². The summed E-state index contributed by atoms with van der Waals surface area (Å²) in [6.07, 6.45) is 3.57. The van der Waals surface area contributed by atoms with Gasteiger partial charge in [-0.3, -0.25) is 10.4 Å². The molecule has 0 saturated carbocycles. The number of nitrogens with one attached hydrogen (secondary N) is 1. The van der Waals surface area contributed by atoms with Crippen molar-refractivity contribution < 1.29 is 0 Å². The lowest BCUT2D eigenvalue weighted by molar-refractivity contribution is 1.19. The van der Waals surface area contributed by atoms with Crippen molar-refractivity contribution in [2.24, 2.45) is 5.10 Å². The second kappa shape index (κ2) is 6.63. The smallest absolute Gasteiger partial charge is 0.146 e. The van der Waals surface area contributed by atoms with Gasteiger partial charge in [0.05, 0.1) is 5.69 Å². The minimum atomic E-state index is 0.704. The van der Waals surface area contributed by atoms with Gasteiger partial charge in [0, 0.05) is 18.0 Å². The number of aryl methyl sites for hydroxylation is 1. The van der Waals surface area contributed by atoms with Gasteiger partial charge in [0.2, 0.25) is 0 Å². The van der Waals surface area contributed by atoms with Gasteiger partial charge in [-0.1, -0.05) is 42.5 Å². The number of rotatable bonds is 4. The van der Waals surface area contributed by atoms with Crippen LogP contribution in [-0.2, 0) is 0 Å². The lowest BCUT2D eigenvalue weighted by Crippen LogP contribution is -2.08. The van der Waals surface area contributed by atoms with Crippen molar-refractivity contribution in [2.45, 2.75) is 6.92 Å². The molecule has 22 heavy (non-hydrogen) atoms. The Morgan fingerprint density at radius 2 is 1.73 bits per heavy atom. The van der Waals surface area contributed by atoms with Gasteiger partial charge in [0.1, 0.15) is 11.5 Å². The summed E-state index contributed by atoms with van der Waals surface area (Å²) >= 11 is 0. The molecule has 0 aliphatic rings. The van der Waals surface area contributed by atoms with Crippen molar-refractivity contribution in [3.8, 4) is 0 Å². The van der Waals surface area contributed by atoms with Crippen LogP contribution in [0, 0.1) is 6.92 Å². The van der Waals surface area contributed by atoms with Crippen LogP contribution in [0.3, 0.4) is 0 Å². The van der Waals surface area contributed by atoms with Crippen LogP contribution in [0.1, 0.15) is 16.8 Å². The average molecular weight is 288 g/mol. The monoisotopic (exact) mass is 288 g/mol. The van der Waals surface area contributed by atoms with Crippen molar-refractivity contribution in [2.75, 3.05) is 5.43 Å². The van der Waals surface area contributed by atoms with E-state index in [-0.39, 0.29) is 0 Å². The quantitative estimate of drug-likeness (QED) is 0.589. The summed E-state index contributed by atoms with van der Waals surface area (Å²) in [4.78, 5) is 8.69. The van der Waals surface area contributed by atoms with E-state index < -0.39 is 0 Å². The molecule has 0 bridgehead atoms. The first-order chi connectivity index (χ1) is 10.8. The Balaban J connectivity index is 1.95. The number of aromatic nitrogens is 2. The molecular formula is C18H16N4. The molecule has 108 valence electrons. The van der Waals surface area contributed by atoms with Crippen LogP contribution in [0.2, 0.25) is 0 Å². The summed E-state index contributed by atoms with van der Waals surface area (Å²) in [5, 5.41) is 4.51. The van der Waals surface area contributed by atoms with E-state index in [1.807, 2.05) is 67.6 Å². The Hall–Kier alpha value is -3.01. The summed E-state index contributed by atoms with van der Waals surface area (Å²) < 4.78 is 0. The summed E-state index contributed by atoms with van der Waals surface area (Å²) in [6.45, 7) is 2.00. The van der Waals surface area contributed by atoms with Crippen molar-refractivity contribution in [1.82, 2.24) is 9.97 Å². The Kier molecular flexibility index (Phi) is 4.20. The predicted octanol–water partition coefficient (Wildman–Crippen LogP) is 3.65. The van der Waals surface area contributed by atoms with Crippen molar-refractivity contribution in [1.29, 1.82) is 0 Å². The van der Waals surface area contributed by atoms with E-state index in [0.29, 0.717) is 5.82 Å². The fourth-order valence-corrected chi connectivity index (χ4v) is 2.02. The Bertz CT molecular complexity index is 709. The standard InChI is InChI=1S/C18H16N4/c1-14-10-11-17(20-13-14)21-22-18(15-7-3-2-4-8-15)16-9-5-6-12-19-16/h2-13H,1H3,(H,20,21). The van der Waals surface area contributed by atoms with E-state index in [0.717, 1.165) is 22.5 Å². The van der Waals surface area contributed by atoms with Crippen molar-refractivity contribution >= 4 is 11.5 Å². The van der Waals surface area contributed by atoms with Gasteiger partial charge in [0.25, 0.3) is 0 Å². The predicted molar refractivity (Wildman–Crippen MR) is 88.9 cm³/mol. The summed E-state index contributed by atoms with van der Waals surface area (Å²) in [7, 11) is 0. The van der Waals surface area contributed by atoms with Gasteiger partial charge in [-0.05, 0) is 30.7 Å². The summed E-state index contributed by atoms with van der Waals surface area (Å²) in [5.41, 5.74) is 6.71. The summed E-state index contributed by atoms with van der Waals surface area (Å²) in [6, 6.07) is 19.6. The van der Waals surface area contributed by atoms with E-state index >= 15 is 0 Å². The molecule has 3 rings (SSSR count). The number of nitrogens with zero attached hydrogens (tertiary/aromatic N) is 3.